The van der Waals surface area contributed by atoms with Crippen LogP contribution in [0.3, 0.4) is 0 Å². The van der Waals surface area contributed by atoms with E-state index in [9.17, 15) is 18.0 Å². The molecule has 1 N–H and O–H groups in total. The van der Waals surface area contributed by atoms with Crippen LogP contribution < -0.4 is 10.2 Å². The Morgan fingerprint density at radius 3 is 2.43 bits per heavy atom. The summed E-state index contributed by atoms with van der Waals surface area (Å²) in [5.74, 6) is -0.0661. The average Bonchev–Trinajstić information content (AvgIpc) is 2.53. The Balaban J connectivity index is 1.91. The van der Waals surface area contributed by atoms with Gasteiger partial charge in [0.15, 0.2) is 6.61 Å². The van der Waals surface area contributed by atoms with Gasteiger partial charge in [0.25, 0.3) is 5.91 Å². The van der Waals surface area contributed by atoms with Crippen LogP contribution in [0.1, 0.15) is 11.1 Å². The molecule has 0 bridgehead atoms. The molecule has 120 valence electrons. The van der Waals surface area contributed by atoms with E-state index in [0.29, 0.717) is 5.75 Å². The number of ether oxygens (including phenoxy) is 1. The highest BCUT2D eigenvalue weighted by Gasteiger charge is 2.32. The maximum atomic E-state index is 12.8. The van der Waals surface area contributed by atoms with Gasteiger partial charge in [-0.05, 0) is 18.2 Å². The number of nitrogens with zero attached hydrogens (tertiary/aromatic N) is 1. The van der Waals surface area contributed by atoms with Gasteiger partial charge in [-0.25, -0.2) is 5.43 Å². The molecular weight excluding hydrogens is 309 g/mol. The highest BCUT2D eigenvalue weighted by molar-refractivity contribution is 5.84. The van der Waals surface area contributed by atoms with Crippen LogP contribution in [-0.4, -0.2) is 18.7 Å². The van der Waals surface area contributed by atoms with Crippen molar-refractivity contribution >= 4 is 12.1 Å². The summed E-state index contributed by atoms with van der Waals surface area (Å²) in [5.41, 5.74) is 1.16. The summed E-state index contributed by atoms with van der Waals surface area (Å²) >= 11 is 0. The van der Waals surface area contributed by atoms with Gasteiger partial charge in [0.1, 0.15) is 5.75 Å². The molecule has 0 saturated heterocycles. The number of rotatable bonds is 5. The van der Waals surface area contributed by atoms with Gasteiger partial charge < -0.3 is 4.74 Å². The van der Waals surface area contributed by atoms with E-state index in [1.807, 2.05) is 0 Å². The van der Waals surface area contributed by atoms with Crippen molar-refractivity contribution < 1.29 is 22.7 Å². The lowest BCUT2D eigenvalue weighted by Gasteiger charge is -2.09. The van der Waals surface area contributed by atoms with Crippen molar-refractivity contribution in [2.24, 2.45) is 5.10 Å². The maximum absolute atomic E-state index is 12.8. The number of amides is 1. The molecular formula is C16H13F3N2O2. The molecule has 0 aliphatic carbocycles. The minimum atomic E-state index is -4.48. The number of carbonyl (C=O) groups excluding carboxylic acids is 1. The lowest BCUT2D eigenvalue weighted by atomic mass is 10.1. The zero-order valence-electron chi connectivity index (χ0n) is 11.9. The number of nitrogens with one attached hydrogen (secondary N) is 1. The van der Waals surface area contributed by atoms with Crippen LogP contribution in [0.25, 0.3) is 0 Å². The number of hydrazone groups is 1. The van der Waals surface area contributed by atoms with Crippen molar-refractivity contribution in [1.82, 2.24) is 5.43 Å². The standard InChI is InChI=1S/C16H13F3N2O2/c17-16(18,19)14-9-5-4-6-12(14)10-20-21-15(22)11-23-13-7-2-1-3-8-13/h1-10H,11H2,(H,21,22). The zero-order chi connectivity index (χ0) is 16.7. The quantitative estimate of drug-likeness (QED) is 0.679. The first-order valence-corrected chi connectivity index (χ1v) is 6.63. The number of alkyl halides is 3. The summed E-state index contributed by atoms with van der Waals surface area (Å²) < 4.78 is 43.5. The second-order valence-electron chi connectivity index (χ2n) is 4.48. The normalized spacial score (nSPS) is 11.4. The second kappa shape index (κ2) is 7.44. The molecule has 0 aliphatic rings. The molecule has 0 heterocycles. The molecule has 0 radical (unpaired) electrons. The Bertz CT molecular complexity index is 685. The van der Waals surface area contributed by atoms with Gasteiger partial charge in [-0.15, -0.1) is 0 Å². The van der Waals surface area contributed by atoms with E-state index in [2.05, 4.69) is 10.5 Å². The van der Waals surface area contributed by atoms with E-state index < -0.39 is 17.6 Å². The first-order valence-electron chi connectivity index (χ1n) is 6.63. The monoisotopic (exact) mass is 322 g/mol. The molecule has 2 aromatic rings. The Hall–Kier alpha value is -2.83. The fourth-order valence-electron chi connectivity index (χ4n) is 1.74. The van der Waals surface area contributed by atoms with E-state index in [1.54, 1.807) is 30.3 Å². The number of carbonyl (C=O) groups is 1. The Morgan fingerprint density at radius 2 is 1.74 bits per heavy atom. The van der Waals surface area contributed by atoms with E-state index in [0.717, 1.165) is 12.3 Å². The van der Waals surface area contributed by atoms with E-state index in [1.165, 1.54) is 18.2 Å². The predicted octanol–water partition coefficient (Wildman–Crippen LogP) is 3.23. The molecule has 1 amide bonds. The predicted molar refractivity (Wildman–Crippen MR) is 79.1 cm³/mol. The number of benzene rings is 2. The molecule has 7 heteroatoms. The smallest absolute Gasteiger partial charge is 0.417 e. The molecule has 2 rings (SSSR count). The number of halogens is 3. The van der Waals surface area contributed by atoms with Crippen molar-refractivity contribution in [2.45, 2.75) is 6.18 Å². The molecule has 23 heavy (non-hydrogen) atoms. The fourth-order valence-corrected chi connectivity index (χ4v) is 1.74. The molecule has 2 aromatic carbocycles. The highest BCUT2D eigenvalue weighted by Crippen LogP contribution is 2.30. The Kier molecular flexibility index (Phi) is 5.35. The van der Waals surface area contributed by atoms with Crippen molar-refractivity contribution in [1.29, 1.82) is 0 Å². The van der Waals surface area contributed by atoms with Crippen LogP contribution in [0.5, 0.6) is 5.75 Å². The van der Waals surface area contributed by atoms with E-state index in [4.69, 9.17) is 4.74 Å². The molecule has 0 aromatic heterocycles. The van der Waals surface area contributed by atoms with Gasteiger partial charge in [0.2, 0.25) is 0 Å². The van der Waals surface area contributed by atoms with Crippen LogP contribution in [0.4, 0.5) is 13.2 Å². The summed E-state index contributed by atoms with van der Waals surface area (Å²) in [6, 6.07) is 13.6. The Morgan fingerprint density at radius 1 is 1.09 bits per heavy atom. The SMILES string of the molecule is O=C(COc1ccccc1)NN=Cc1ccccc1C(F)(F)F. The average molecular weight is 322 g/mol. The van der Waals surface area contributed by atoms with Crippen LogP contribution in [0.2, 0.25) is 0 Å². The van der Waals surface area contributed by atoms with E-state index >= 15 is 0 Å². The number of para-hydroxylation sites is 1. The van der Waals surface area contributed by atoms with Crippen LogP contribution in [-0.2, 0) is 11.0 Å². The summed E-state index contributed by atoms with van der Waals surface area (Å²) in [5, 5.41) is 3.52. The molecule has 0 spiro atoms. The fraction of sp³-hybridized carbons (Fsp3) is 0.125. The third kappa shape index (κ3) is 5.14. The first-order chi connectivity index (χ1) is 11.0. The van der Waals surface area contributed by atoms with Crippen molar-refractivity contribution in [2.75, 3.05) is 6.61 Å². The van der Waals surface area contributed by atoms with Crippen LogP contribution in [0.15, 0.2) is 59.7 Å². The van der Waals surface area contributed by atoms with Crippen molar-refractivity contribution in [3.05, 3.63) is 65.7 Å². The first kappa shape index (κ1) is 16.5. The molecule has 4 nitrogen and oxygen atoms in total. The molecule has 0 saturated carbocycles. The maximum Gasteiger partial charge on any atom is 0.417 e. The summed E-state index contributed by atoms with van der Waals surface area (Å²) in [7, 11) is 0. The van der Waals surface area contributed by atoms with Crippen molar-refractivity contribution in [3.63, 3.8) is 0 Å². The summed E-state index contributed by atoms with van der Waals surface area (Å²) in [4.78, 5) is 11.5. The molecule has 0 aliphatic heterocycles. The highest BCUT2D eigenvalue weighted by atomic mass is 19.4. The van der Waals surface area contributed by atoms with Gasteiger partial charge >= 0.3 is 6.18 Å². The lowest BCUT2D eigenvalue weighted by Crippen LogP contribution is -2.24. The number of hydrogen-bond donors (Lipinski definition) is 1. The zero-order valence-corrected chi connectivity index (χ0v) is 11.9. The van der Waals surface area contributed by atoms with Crippen LogP contribution in [0, 0.1) is 0 Å². The molecule has 0 unspecified atom stereocenters. The van der Waals surface area contributed by atoms with Gasteiger partial charge in [-0.3, -0.25) is 4.79 Å². The van der Waals surface area contributed by atoms with Gasteiger partial charge in [-0.2, -0.15) is 18.3 Å². The summed E-state index contributed by atoms with van der Waals surface area (Å²) in [6.07, 6.45) is -3.54. The third-order valence-corrected chi connectivity index (χ3v) is 2.77. The summed E-state index contributed by atoms with van der Waals surface area (Å²) in [6.45, 7) is -0.289. The van der Waals surface area contributed by atoms with Gasteiger partial charge in [-0.1, -0.05) is 36.4 Å². The van der Waals surface area contributed by atoms with Crippen molar-refractivity contribution in [3.8, 4) is 5.75 Å². The van der Waals surface area contributed by atoms with Gasteiger partial charge in [0.05, 0.1) is 11.8 Å². The van der Waals surface area contributed by atoms with Crippen LogP contribution >= 0.6 is 0 Å². The number of hydrogen-bond acceptors (Lipinski definition) is 3. The minimum absolute atomic E-state index is 0.135. The largest absolute Gasteiger partial charge is 0.484 e. The molecule has 0 atom stereocenters. The Labute approximate surface area is 130 Å². The van der Waals surface area contributed by atoms with Gasteiger partial charge in [0, 0.05) is 5.56 Å². The second-order valence-corrected chi connectivity index (χ2v) is 4.48. The topological polar surface area (TPSA) is 50.7 Å². The lowest BCUT2D eigenvalue weighted by molar-refractivity contribution is -0.137. The minimum Gasteiger partial charge on any atom is -0.484 e. The molecule has 0 fully saturated rings. The van der Waals surface area contributed by atoms with E-state index in [-0.39, 0.29) is 12.2 Å². The third-order valence-electron chi connectivity index (χ3n) is 2.77.